The Hall–Kier alpha value is -2.34. The van der Waals surface area contributed by atoms with Crippen molar-refractivity contribution in [2.24, 2.45) is 4.99 Å². The van der Waals surface area contributed by atoms with Crippen LogP contribution in [0.3, 0.4) is 0 Å². The molecule has 3 aromatic rings. The van der Waals surface area contributed by atoms with Gasteiger partial charge in [-0.05, 0) is 53.9 Å². The van der Waals surface area contributed by atoms with Crippen molar-refractivity contribution in [3.63, 3.8) is 0 Å². The summed E-state index contributed by atoms with van der Waals surface area (Å²) in [6.07, 6.45) is 1.28. The Kier molecular flexibility index (Phi) is 6.65. The van der Waals surface area contributed by atoms with Gasteiger partial charge in [0.1, 0.15) is 17.7 Å². The van der Waals surface area contributed by atoms with Crippen molar-refractivity contribution in [3.05, 3.63) is 92.4 Å². The number of ether oxygens (including phenoxy) is 1. The second-order valence-electron chi connectivity index (χ2n) is 7.54. The van der Waals surface area contributed by atoms with E-state index in [0.717, 1.165) is 39.0 Å². The van der Waals surface area contributed by atoms with Crippen LogP contribution >= 0.6 is 27.5 Å². The molecule has 0 aliphatic carbocycles. The number of hydrogen-bond acceptors (Lipinski definition) is 4. The highest BCUT2D eigenvalue weighted by molar-refractivity contribution is 9.10. The van der Waals surface area contributed by atoms with E-state index in [1.54, 1.807) is 19.2 Å². The first-order chi connectivity index (χ1) is 15.0. The second kappa shape index (κ2) is 9.43. The van der Waals surface area contributed by atoms with Gasteiger partial charge in [-0.3, -0.25) is 10.3 Å². The molecule has 0 amide bonds. The summed E-state index contributed by atoms with van der Waals surface area (Å²) >= 11 is 9.81. The number of phenolic OH excluding ortho intramolecular Hbond substituents is 1. The molecular weight excluding hydrogens is 476 g/mol. The van der Waals surface area contributed by atoms with Crippen LogP contribution in [-0.2, 0) is 6.42 Å². The Labute approximate surface area is 196 Å². The van der Waals surface area contributed by atoms with Gasteiger partial charge in [0, 0.05) is 38.8 Å². The van der Waals surface area contributed by atoms with Crippen LogP contribution in [0.4, 0.5) is 0 Å². The molecule has 0 fully saturated rings. The number of halogens is 2. The summed E-state index contributed by atoms with van der Waals surface area (Å²) in [5.41, 5.74) is 5.00. The molecule has 0 bridgehead atoms. The van der Waals surface area contributed by atoms with E-state index in [0.29, 0.717) is 11.4 Å². The first-order valence-electron chi connectivity index (χ1n) is 10.2. The van der Waals surface area contributed by atoms with Gasteiger partial charge in [0.15, 0.2) is 0 Å². The average molecular weight is 500 g/mol. The monoisotopic (exact) mass is 498 g/mol. The van der Waals surface area contributed by atoms with Gasteiger partial charge in [0.25, 0.3) is 0 Å². The summed E-state index contributed by atoms with van der Waals surface area (Å²) in [7, 11) is 1.66. The molecule has 160 valence electrons. The lowest BCUT2D eigenvalue weighted by molar-refractivity contribution is 0.381. The predicted molar refractivity (Wildman–Crippen MR) is 129 cm³/mol. The molecular formula is C25H24BrClN2O2. The minimum absolute atomic E-state index is 0.161. The quantitative estimate of drug-likeness (QED) is 0.416. The topological polar surface area (TPSA) is 53.8 Å². The van der Waals surface area contributed by atoms with Crippen molar-refractivity contribution in [2.45, 2.75) is 32.0 Å². The lowest BCUT2D eigenvalue weighted by atomic mass is 9.93. The molecule has 4 rings (SSSR count). The highest BCUT2D eigenvalue weighted by atomic mass is 79.9. The molecule has 4 nitrogen and oxygen atoms in total. The highest BCUT2D eigenvalue weighted by Crippen LogP contribution is 2.38. The zero-order valence-corrected chi connectivity index (χ0v) is 19.7. The van der Waals surface area contributed by atoms with E-state index in [9.17, 15) is 5.11 Å². The van der Waals surface area contributed by atoms with Crippen molar-refractivity contribution in [1.82, 2.24) is 5.32 Å². The number of benzene rings is 3. The molecule has 1 heterocycles. The molecule has 2 N–H and O–H groups in total. The third-order valence-corrected chi connectivity index (χ3v) is 6.32. The molecule has 3 aromatic carbocycles. The number of nitrogens with zero attached hydrogens (tertiary/aromatic N) is 1. The van der Waals surface area contributed by atoms with Crippen LogP contribution in [0.2, 0.25) is 5.02 Å². The van der Waals surface area contributed by atoms with Gasteiger partial charge >= 0.3 is 0 Å². The third-order valence-electron chi connectivity index (χ3n) is 5.59. The maximum absolute atomic E-state index is 10.5. The zero-order valence-electron chi connectivity index (χ0n) is 17.4. The molecule has 0 radical (unpaired) electrons. The van der Waals surface area contributed by atoms with E-state index in [2.05, 4.69) is 52.4 Å². The normalized spacial score (nSPS) is 18.5. The van der Waals surface area contributed by atoms with Crippen LogP contribution in [0, 0.1) is 0 Å². The summed E-state index contributed by atoms with van der Waals surface area (Å²) in [5.74, 6) is 0.963. The van der Waals surface area contributed by atoms with Crippen molar-refractivity contribution >= 4 is 33.2 Å². The van der Waals surface area contributed by atoms with Gasteiger partial charge in [-0.25, -0.2) is 0 Å². The van der Waals surface area contributed by atoms with Gasteiger partial charge in [0.2, 0.25) is 0 Å². The highest BCUT2D eigenvalue weighted by Gasteiger charge is 2.29. The van der Waals surface area contributed by atoms with Gasteiger partial charge < -0.3 is 9.84 Å². The van der Waals surface area contributed by atoms with Crippen molar-refractivity contribution < 1.29 is 9.84 Å². The molecule has 1 aliphatic rings. The number of rotatable bonds is 5. The summed E-state index contributed by atoms with van der Waals surface area (Å²) in [4.78, 5) is 5.05. The van der Waals surface area contributed by atoms with Crippen LogP contribution < -0.4 is 10.1 Å². The first kappa shape index (κ1) is 21.9. The molecule has 0 spiro atoms. The fraction of sp³-hybridized carbons (Fsp3) is 0.240. The van der Waals surface area contributed by atoms with Crippen LogP contribution in [0.25, 0.3) is 0 Å². The number of aliphatic imine (C=N–C) groups is 1. The van der Waals surface area contributed by atoms with Gasteiger partial charge in [-0.1, -0.05) is 58.7 Å². The van der Waals surface area contributed by atoms with Crippen molar-refractivity contribution in [3.8, 4) is 11.5 Å². The fourth-order valence-electron chi connectivity index (χ4n) is 3.90. The lowest BCUT2D eigenvalue weighted by Gasteiger charge is -2.31. The molecule has 6 heteroatoms. The molecule has 2 unspecified atom stereocenters. The summed E-state index contributed by atoms with van der Waals surface area (Å²) in [6.45, 7) is 2.14. The van der Waals surface area contributed by atoms with Crippen LogP contribution in [0.1, 0.15) is 47.8 Å². The zero-order chi connectivity index (χ0) is 22.0. The van der Waals surface area contributed by atoms with Gasteiger partial charge in [-0.15, -0.1) is 0 Å². The minimum Gasteiger partial charge on any atom is -0.508 e. The smallest absolute Gasteiger partial charge is 0.130 e. The predicted octanol–water partition coefficient (Wildman–Crippen LogP) is 6.60. The number of hydrogen-bond donors (Lipinski definition) is 2. The van der Waals surface area contributed by atoms with E-state index >= 15 is 0 Å². The maximum Gasteiger partial charge on any atom is 0.130 e. The van der Waals surface area contributed by atoms with E-state index in [1.807, 2.05) is 24.3 Å². The minimum atomic E-state index is -0.342. The van der Waals surface area contributed by atoms with Gasteiger partial charge in [-0.2, -0.15) is 0 Å². The van der Waals surface area contributed by atoms with Crippen LogP contribution in [0.5, 0.6) is 11.5 Å². The number of methoxy groups -OCH3 is 1. The third kappa shape index (κ3) is 4.79. The Balaban J connectivity index is 1.80. The number of nitrogens with one attached hydrogen (secondary N) is 1. The lowest BCUT2D eigenvalue weighted by Crippen LogP contribution is -2.33. The van der Waals surface area contributed by atoms with E-state index in [4.69, 9.17) is 21.3 Å². The number of phenols is 1. The van der Waals surface area contributed by atoms with Crippen molar-refractivity contribution in [2.75, 3.05) is 7.11 Å². The summed E-state index contributed by atoms with van der Waals surface area (Å²) in [6, 6.07) is 19.4. The summed E-state index contributed by atoms with van der Waals surface area (Å²) in [5, 5.41) is 14.7. The Morgan fingerprint density at radius 1 is 1.10 bits per heavy atom. The maximum atomic E-state index is 10.5. The second-order valence-corrected chi connectivity index (χ2v) is 8.89. The molecule has 31 heavy (non-hydrogen) atoms. The SMILES string of the molecule is CCc1ccc(C2=NC(c3cc(Br)ccc3OC)NC(c3cc(Cl)ccc3O)C2)cc1. The molecule has 2 atom stereocenters. The Morgan fingerprint density at radius 2 is 1.87 bits per heavy atom. The molecule has 0 aromatic heterocycles. The standard InChI is InChI=1S/C25H24BrClN2O2/c1-3-15-4-6-16(7-5-15)21-14-22(19-13-18(27)9-10-23(19)30)29-25(28-21)20-12-17(26)8-11-24(20)31-2/h4-13,22,25,29-30H,3,14H2,1-2H3. The fourth-order valence-corrected chi connectivity index (χ4v) is 4.46. The summed E-state index contributed by atoms with van der Waals surface area (Å²) < 4.78 is 6.55. The van der Waals surface area contributed by atoms with Gasteiger partial charge in [0.05, 0.1) is 7.11 Å². The first-order valence-corrected chi connectivity index (χ1v) is 11.4. The molecule has 0 saturated carbocycles. The number of aryl methyl sites for hydroxylation is 1. The Morgan fingerprint density at radius 3 is 2.58 bits per heavy atom. The van der Waals surface area contributed by atoms with E-state index in [1.165, 1.54) is 5.56 Å². The number of aromatic hydroxyl groups is 1. The van der Waals surface area contributed by atoms with Crippen molar-refractivity contribution in [1.29, 1.82) is 0 Å². The largest absolute Gasteiger partial charge is 0.508 e. The van der Waals surface area contributed by atoms with E-state index < -0.39 is 0 Å². The van der Waals surface area contributed by atoms with E-state index in [-0.39, 0.29) is 18.0 Å². The van der Waals surface area contributed by atoms with Crippen LogP contribution in [0.15, 0.2) is 70.1 Å². The molecule has 1 aliphatic heterocycles. The Bertz CT molecular complexity index is 1120. The molecule has 0 saturated heterocycles. The average Bonchev–Trinajstić information content (AvgIpc) is 2.80. The van der Waals surface area contributed by atoms with Crippen LogP contribution in [-0.4, -0.2) is 17.9 Å².